The Hall–Kier alpha value is -2.80. The molecule has 1 aliphatic carbocycles. The Morgan fingerprint density at radius 3 is 2.63 bits per heavy atom. The van der Waals surface area contributed by atoms with Gasteiger partial charge in [0.15, 0.2) is 24.1 Å². The quantitative estimate of drug-likeness (QED) is 0.633. The second-order valence-corrected chi connectivity index (χ2v) is 8.47. The van der Waals surface area contributed by atoms with Crippen LogP contribution in [0.1, 0.15) is 34.6 Å². The van der Waals surface area contributed by atoms with Gasteiger partial charge in [0.2, 0.25) is 5.78 Å². The van der Waals surface area contributed by atoms with Crippen molar-refractivity contribution < 1.29 is 24.0 Å². The minimum Gasteiger partial charge on any atom is -0.486 e. The smallest absolute Gasteiger partial charge is 0.275 e. The van der Waals surface area contributed by atoms with E-state index in [4.69, 9.17) is 9.47 Å². The third-order valence-electron chi connectivity index (χ3n) is 5.69. The minimum absolute atomic E-state index is 0.0167. The molecule has 7 nitrogen and oxygen atoms in total. The molecule has 0 saturated heterocycles. The van der Waals surface area contributed by atoms with E-state index in [1.807, 2.05) is 51.2 Å². The molecule has 0 radical (unpaired) electrons. The largest absolute Gasteiger partial charge is 0.486 e. The molecule has 2 N–H and O–H groups in total. The number of aryl methyl sites for hydroxylation is 1. The zero-order valence-electron chi connectivity index (χ0n) is 17.9. The molecule has 2 heterocycles. The van der Waals surface area contributed by atoms with Crippen LogP contribution in [0.3, 0.4) is 0 Å². The zero-order chi connectivity index (χ0) is 21.3. The first kappa shape index (κ1) is 20.5. The van der Waals surface area contributed by atoms with Crippen LogP contribution in [0.2, 0.25) is 0 Å². The molecule has 2 atom stereocenters. The van der Waals surface area contributed by atoms with Crippen LogP contribution in [-0.4, -0.2) is 55.1 Å². The van der Waals surface area contributed by atoms with E-state index in [2.05, 4.69) is 9.88 Å². The van der Waals surface area contributed by atoms with Gasteiger partial charge in [-0.25, -0.2) is 0 Å². The fraction of sp³-hybridized carbons (Fsp3) is 0.478. The van der Waals surface area contributed by atoms with Gasteiger partial charge in [-0.3, -0.25) is 9.59 Å². The molecule has 0 spiro atoms. The van der Waals surface area contributed by atoms with Gasteiger partial charge in [-0.05, 0) is 44.9 Å². The first-order chi connectivity index (χ1) is 14.4. The van der Waals surface area contributed by atoms with E-state index >= 15 is 0 Å². The number of aromatic nitrogens is 1. The Balaban J connectivity index is 1.38. The molecule has 0 bridgehead atoms. The molecule has 30 heavy (non-hydrogen) atoms. The van der Waals surface area contributed by atoms with E-state index in [1.165, 1.54) is 0 Å². The van der Waals surface area contributed by atoms with Crippen molar-refractivity contribution >= 4 is 11.7 Å². The number of amides is 1. The number of hydrogen-bond acceptors (Lipinski definition) is 4. The SMILES string of the molecule is Cc1cc(C(=O)C[NH+](C)CC(=O)NC2CC2)c(C)n1C[C@H]1COc2ccccc2O1. The molecule has 1 aliphatic heterocycles. The number of fused-ring (bicyclic) bond motifs is 1. The summed E-state index contributed by atoms with van der Waals surface area (Å²) < 4.78 is 14.0. The van der Waals surface area contributed by atoms with Crippen molar-refractivity contribution in [2.45, 2.75) is 45.4 Å². The number of para-hydroxylation sites is 2. The highest BCUT2D eigenvalue weighted by molar-refractivity contribution is 5.98. The normalized spacial score (nSPS) is 18.7. The molecule has 1 amide bonds. The van der Waals surface area contributed by atoms with E-state index in [9.17, 15) is 9.59 Å². The van der Waals surface area contributed by atoms with E-state index in [1.54, 1.807) is 0 Å². The summed E-state index contributed by atoms with van der Waals surface area (Å²) in [6.45, 7) is 5.66. The molecule has 1 unspecified atom stereocenters. The molecule has 1 fully saturated rings. The van der Waals surface area contributed by atoms with Crippen LogP contribution in [0.5, 0.6) is 11.5 Å². The van der Waals surface area contributed by atoms with Crippen molar-refractivity contribution in [3.05, 3.63) is 47.3 Å². The van der Waals surface area contributed by atoms with E-state index < -0.39 is 0 Å². The van der Waals surface area contributed by atoms with Gasteiger partial charge in [-0.2, -0.15) is 0 Å². The maximum Gasteiger partial charge on any atom is 0.275 e. The van der Waals surface area contributed by atoms with Gasteiger partial charge in [0, 0.05) is 23.0 Å². The monoisotopic (exact) mass is 412 g/mol. The van der Waals surface area contributed by atoms with Crippen LogP contribution < -0.4 is 19.7 Å². The summed E-state index contributed by atoms with van der Waals surface area (Å²) in [6, 6.07) is 9.94. The summed E-state index contributed by atoms with van der Waals surface area (Å²) in [4.78, 5) is 25.8. The fourth-order valence-corrected chi connectivity index (χ4v) is 3.93. The average molecular weight is 413 g/mol. The van der Waals surface area contributed by atoms with Crippen LogP contribution in [0, 0.1) is 13.8 Å². The van der Waals surface area contributed by atoms with Crippen molar-refractivity contribution in [3.63, 3.8) is 0 Å². The number of hydrogen-bond donors (Lipinski definition) is 2. The molecule has 160 valence electrons. The number of carbonyl (C=O) groups is 2. The number of nitrogens with one attached hydrogen (secondary N) is 2. The number of nitrogens with zero attached hydrogens (tertiary/aromatic N) is 1. The van der Waals surface area contributed by atoms with Crippen molar-refractivity contribution in [2.75, 3.05) is 26.7 Å². The molecule has 7 heteroatoms. The summed E-state index contributed by atoms with van der Waals surface area (Å²) in [5.41, 5.74) is 2.66. The molecule has 2 aliphatic rings. The maximum atomic E-state index is 12.9. The van der Waals surface area contributed by atoms with Crippen LogP contribution in [0.15, 0.2) is 30.3 Å². The number of benzene rings is 1. The third kappa shape index (κ3) is 4.67. The highest BCUT2D eigenvalue weighted by Gasteiger charge is 2.27. The summed E-state index contributed by atoms with van der Waals surface area (Å²) in [5.74, 6) is 1.59. The average Bonchev–Trinajstić information content (AvgIpc) is 3.48. The Morgan fingerprint density at radius 2 is 1.90 bits per heavy atom. The van der Waals surface area contributed by atoms with Crippen LogP contribution >= 0.6 is 0 Å². The van der Waals surface area contributed by atoms with Gasteiger partial charge in [0.1, 0.15) is 13.2 Å². The Bertz CT molecular complexity index is 948. The lowest BCUT2D eigenvalue weighted by Crippen LogP contribution is -3.11. The maximum absolute atomic E-state index is 12.9. The van der Waals surface area contributed by atoms with Gasteiger partial charge < -0.3 is 24.3 Å². The predicted octanol–water partition coefficient (Wildman–Crippen LogP) is 0.921. The standard InChI is InChI=1S/C23H29N3O4/c1-15-10-19(20(27)12-25(3)13-23(28)24-17-8-9-17)16(2)26(15)11-18-14-29-21-6-4-5-7-22(21)30-18/h4-7,10,17-18H,8-9,11-14H2,1-3H3,(H,24,28)/p+1/t18-/m0/s1. The molecule has 1 aromatic carbocycles. The van der Waals surface area contributed by atoms with Crippen molar-refractivity contribution in [3.8, 4) is 11.5 Å². The Morgan fingerprint density at radius 1 is 1.17 bits per heavy atom. The van der Waals surface area contributed by atoms with E-state index in [0.717, 1.165) is 40.6 Å². The summed E-state index contributed by atoms with van der Waals surface area (Å²) >= 11 is 0. The number of quaternary nitrogens is 1. The van der Waals surface area contributed by atoms with Gasteiger partial charge in [-0.15, -0.1) is 0 Å². The zero-order valence-corrected chi connectivity index (χ0v) is 17.9. The molecular formula is C23H30N3O4+. The Kier molecular flexibility index (Phi) is 5.81. The van der Waals surface area contributed by atoms with Crippen molar-refractivity contribution in [1.82, 2.24) is 9.88 Å². The number of ketones is 1. The number of carbonyl (C=O) groups excluding carboxylic acids is 2. The fourth-order valence-electron chi connectivity index (χ4n) is 3.93. The predicted molar refractivity (Wildman–Crippen MR) is 112 cm³/mol. The number of Topliss-reactive ketones (excluding diaryl/α,β-unsaturated/α-hetero) is 1. The Labute approximate surface area is 177 Å². The number of likely N-dealkylation sites (N-methyl/N-ethyl adjacent to an activating group) is 1. The van der Waals surface area contributed by atoms with Crippen LogP contribution in [0.4, 0.5) is 0 Å². The van der Waals surface area contributed by atoms with Gasteiger partial charge in [-0.1, -0.05) is 12.1 Å². The third-order valence-corrected chi connectivity index (χ3v) is 5.69. The lowest BCUT2D eigenvalue weighted by Gasteiger charge is -2.27. The van der Waals surface area contributed by atoms with E-state index in [0.29, 0.717) is 37.8 Å². The van der Waals surface area contributed by atoms with Gasteiger partial charge >= 0.3 is 0 Å². The summed E-state index contributed by atoms with van der Waals surface area (Å²) in [7, 11) is 1.88. The molecule has 1 saturated carbocycles. The van der Waals surface area contributed by atoms with Gasteiger partial charge in [0.05, 0.1) is 13.6 Å². The minimum atomic E-state index is -0.118. The second kappa shape index (κ2) is 8.52. The van der Waals surface area contributed by atoms with Crippen molar-refractivity contribution in [2.24, 2.45) is 0 Å². The second-order valence-electron chi connectivity index (χ2n) is 8.47. The lowest BCUT2D eigenvalue weighted by molar-refractivity contribution is -0.862. The first-order valence-electron chi connectivity index (χ1n) is 10.6. The molecule has 1 aromatic heterocycles. The summed E-state index contributed by atoms with van der Waals surface area (Å²) in [6.07, 6.45) is 2.01. The van der Waals surface area contributed by atoms with E-state index in [-0.39, 0.29) is 17.8 Å². The number of ether oxygens (including phenoxy) is 2. The van der Waals surface area contributed by atoms with Crippen LogP contribution in [-0.2, 0) is 11.3 Å². The van der Waals surface area contributed by atoms with Crippen molar-refractivity contribution in [1.29, 1.82) is 0 Å². The highest BCUT2D eigenvalue weighted by Crippen LogP contribution is 2.31. The molecule has 2 aromatic rings. The number of rotatable bonds is 8. The van der Waals surface area contributed by atoms with Crippen LogP contribution in [0.25, 0.3) is 0 Å². The molecule has 4 rings (SSSR count). The topological polar surface area (TPSA) is 74.0 Å². The lowest BCUT2D eigenvalue weighted by atomic mass is 10.1. The highest BCUT2D eigenvalue weighted by atomic mass is 16.6. The molecular weight excluding hydrogens is 382 g/mol. The summed E-state index contributed by atoms with van der Waals surface area (Å²) in [5, 5.41) is 2.97. The van der Waals surface area contributed by atoms with Gasteiger partial charge in [0.25, 0.3) is 5.91 Å². The first-order valence-corrected chi connectivity index (χ1v) is 10.6.